The summed E-state index contributed by atoms with van der Waals surface area (Å²) in [6.45, 7) is 5.54. The summed E-state index contributed by atoms with van der Waals surface area (Å²) >= 11 is 0. The molecule has 2 aromatic carbocycles. The average Bonchev–Trinajstić information content (AvgIpc) is 2.84. The van der Waals surface area contributed by atoms with Gasteiger partial charge in [-0.2, -0.15) is 0 Å². The topological polar surface area (TPSA) is 27.7 Å². The van der Waals surface area contributed by atoms with Gasteiger partial charge in [-0.25, -0.2) is 0 Å². The fourth-order valence-corrected chi connectivity index (χ4v) is 5.43. The van der Waals surface area contributed by atoms with Crippen LogP contribution in [0.3, 0.4) is 0 Å². The number of hydrogen-bond donors (Lipinski definition) is 1. The van der Waals surface area contributed by atoms with Crippen LogP contribution in [0.5, 0.6) is 5.75 Å². The molecule has 4 nitrogen and oxygen atoms in total. The van der Waals surface area contributed by atoms with Crippen molar-refractivity contribution in [2.24, 2.45) is 5.92 Å². The van der Waals surface area contributed by atoms with Crippen LogP contribution >= 0.6 is 0 Å². The van der Waals surface area contributed by atoms with Crippen LogP contribution in [0, 0.1) is 5.92 Å². The smallest absolute Gasteiger partial charge is 0.125 e. The van der Waals surface area contributed by atoms with Gasteiger partial charge in [0.05, 0.1) is 0 Å². The van der Waals surface area contributed by atoms with Gasteiger partial charge >= 0.3 is 0 Å². The number of rotatable bonds is 9. The molecule has 1 saturated carbocycles. The molecule has 1 N–H and O–H groups in total. The molecule has 32 heavy (non-hydrogen) atoms. The molecule has 2 atom stereocenters. The molecule has 0 bridgehead atoms. The van der Waals surface area contributed by atoms with Gasteiger partial charge in [-0.3, -0.25) is 4.90 Å². The van der Waals surface area contributed by atoms with E-state index in [1.54, 1.807) is 0 Å². The van der Waals surface area contributed by atoms with Crippen LogP contribution in [0.15, 0.2) is 54.6 Å². The summed E-state index contributed by atoms with van der Waals surface area (Å²) in [6.07, 6.45) is 7.99. The van der Waals surface area contributed by atoms with Crippen molar-refractivity contribution in [3.05, 3.63) is 65.7 Å². The molecule has 174 valence electrons. The van der Waals surface area contributed by atoms with Crippen LogP contribution in [0.1, 0.15) is 61.8 Å². The fraction of sp³-hybridized carbons (Fsp3) is 0.571. The quantitative estimate of drug-likeness (QED) is 0.580. The first-order chi connectivity index (χ1) is 15.7. The maximum atomic E-state index is 6.44. The van der Waals surface area contributed by atoms with E-state index in [-0.39, 0.29) is 6.10 Å². The number of ether oxygens (including phenoxy) is 1. The minimum absolute atomic E-state index is 0.0705. The number of nitrogens with zero attached hydrogens (tertiary/aromatic N) is 2. The molecular formula is C28H41N3O. The first-order valence-electron chi connectivity index (χ1n) is 12.6. The summed E-state index contributed by atoms with van der Waals surface area (Å²) in [5, 5.41) is 3.53. The predicted octanol–water partition coefficient (Wildman–Crippen LogP) is 5.29. The SMILES string of the molecule is CN(C)CCC(Oc1ccccc1)c1ccc(C(C2CCCCC2)N2CCNCC2)cc1. The third kappa shape index (κ3) is 6.34. The van der Waals surface area contributed by atoms with E-state index >= 15 is 0 Å². The number of hydrogen-bond acceptors (Lipinski definition) is 4. The first kappa shape index (κ1) is 23.3. The Morgan fingerprint density at radius 2 is 1.56 bits per heavy atom. The lowest BCUT2D eigenvalue weighted by Crippen LogP contribution is -2.47. The van der Waals surface area contributed by atoms with Crippen molar-refractivity contribution >= 4 is 0 Å². The van der Waals surface area contributed by atoms with E-state index in [4.69, 9.17) is 4.74 Å². The molecule has 2 unspecified atom stereocenters. The van der Waals surface area contributed by atoms with Crippen LogP contribution < -0.4 is 10.1 Å². The lowest BCUT2D eigenvalue weighted by molar-refractivity contribution is 0.103. The van der Waals surface area contributed by atoms with Gasteiger partial charge in [-0.05, 0) is 56.1 Å². The van der Waals surface area contributed by atoms with Crippen molar-refractivity contribution in [1.82, 2.24) is 15.1 Å². The van der Waals surface area contributed by atoms with Crippen molar-refractivity contribution in [1.29, 1.82) is 0 Å². The lowest BCUT2D eigenvalue weighted by Gasteiger charge is -2.41. The zero-order chi connectivity index (χ0) is 22.2. The van der Waals surface area contributed by atoms with Crippen molar-refractivity contribution in [2.45, 2.75) is 50.7 Å². The van der Waals surface area contributed by atoms with Gasteiger partial charge in [-0.1, -0.05) is 61.7 Å². The van der Waals surface area contributed by atoms with Crippen LogP contribution in [-0.2, 0) is 0 Å². The zero-order valence-corrected chi connectivity index (χ0v) is 20.0. The van der Waals surface area contributed by atoms with Crippen molar-refractivity contribution in [2.75, 3.05) is 46.8 Å². The van der Waals surface area contributed by atoms with E-state index in [1.165, 1.54) is 43.2 Å². The average molecular weight is 436 g/mol. The highest BCUT2D eigenvalue weighted by Gasteiger charge is 2.31. The van der Waals surface area contributed by atoms with Gasteiger partial charge < -0.3 is 15.0 Å². The van der Waals surface area contributed by atoms with Crippen molar-refractivity contribution in [3.8, 4) is 5.75 Å². The molecule has 4 rings (SSSR count). The van der Waals surface area contributed by atoms with Crippen LogP contribution in [0.4, 0.5) is 0 Å². The van der Waals surface area contributed by atoms with E-state index < -0.39 is 0 Å². The summed E-state index contributed by atoms with van der Waals surface area (Å²) in [5.41, 5.74) is 2.77. The van der Waals surface area contributed by atoms with E-state index in [1.807, 2.05) is 18.2 Å². The molecule has 2 aromatic rings. The van der Waals surface area contributed by atoms with Gasteiger partial charge in [0.2, 0.25) is 0 Å². The summed E-state index contributed by atoms with van der Waals surface area (Å²) in [5.74, 6) is 1.74. The van der Waals surface area contributed by atoms with Crippen molar-refractivity contribution in [3.63, 3.8) is 0 Å². The van der Waals surface area contributed by atoms with Gasteiger partial charge in [0.25, 0.3) is 0 Å². The second-order valence-corrected chi connectivity index (χ2v) is 9.81. The Morgan fingerprint density at radius 3 is 2.22 bits per heavy atom. The van der Waals surface area contributed by atoms with Crippen molar-refractivity contribution < 1.29 is 4.74 Å². The van der Waals surface area contributed by atoms with Crippen LogP contribution in [0.2, 0.25) is 0 Å². The van der Waals surface area contributed by atoms with E-state index in [2.05, 4.69) is 65.6 Å². The van der Waals surface area contributed by atoms with Gasteiger partial charge in [0.1, 0.15) is 11.9 Å². The first-order valence-corrected chi connectivity index (χ1v) is 12.6. The second-order valence-electron chi connectivity index (χ2n) is 9.81. The Hall–Kier alpha value is -1.88. The van der Waals surface area contributed by atoms with E-state index in [9.17, 15) is 0 Å². The number of nitrogens with one attached hydrogen (secondary N) is 1. The Labute approximate surface area is 194 Å². The fourth-order valence-electron chi connectivity index (χ4n) is 5.43. The normalized spacial score (nSPS) is 20.2. The summed E-state index contributed by atoms with van der Waals surface area (Å²) in [6, 6.07) is 20.3. The predicted molar refractivity (Wildman–Crippen MR) is 133 cm³/mol. The second kappa shape index (κ2) is 11.8. The monoisotopic (exact) mass is 435 g/mol. The maximum Gasteiger partial charge on any atom is 0.125 e. The molecule has 2 fully saturated rings. The summed E-state index contributed by atoms with van der Waals surface area (Å²) in [4.78, 5) is 4.98. The standard InChI is InChI=1S/C28H41N3O/c1-30(2)20-17-27(32-26-11-7-4-8-12-26)23-13-15-25(16-14-23)28(24-9-5-3-6-10-24)31-21-18-29-19-22-31/h4,7-8,11-16,24,27-29H,3,5-6,9-10,17-22H2,1-2H3. The van der Waals surface area contributed by atoms with Crippen LogP contribution in [-0.4, -0.2) is 56.6 Å². The maximum absolute atomic E-state index is 6.44. The minimum atomic E-state index is 0.0705. The van der Waals surface area contributed by atoms with Gasteiger partial charge in [0, 0.05) is 45.2 Å². The molecule has 4 heteroatoms. The minimum Gasteiger partial charge on any atom is -0.486 e. The highest BCUT2D eigenvalue weighted by atomic mass is 16.5. The molecule has 1 heterocycles. The van der Waals surface area contributed by atoms with Gasteiger partial charge in [-0.15, -0.1) is 0 Å². The van der Waals surface area contributed by atoms with Crippen LogP contribution in [0.25, 0.3) is 0 Å². The molecule has 0 spiro atoms. The highest BCUT2D eigenvalue weighted by Crippen LogP contribution is 2.39. The van der Waals surface area contributed by atoms with Gasteiger partial charge in [0.15, 0.2) is 0 Å². The Balaban J connectivity index is 1.54. The molecular weight excluding hydrogens is 394 g/mol. The molecule has 0 radical (unpaired) electrons. The lowest BCUT2D eigenvalue weighted by atomic mass is 9.80. The Morgan fingerprint density at radius 1 is 0.906 bits per heavy atom. The number of piperazine rings is 1. The molecule has 0 amide bonds. The highest BCUT2D eigenvalue weighted by molar-refractivity contribution is 5.29. The third-order valence-electron chi connectivity index (χ3n) is 7.15. The Kier molecular flexibility index (Phi) is 8.61. The summed E-state index contributed by atoms with van der Waals surface area (Å²) in [7, 11) is 4.26. The molecule has 1 saturated heterocycles. The summed E-state index contributed by atoms with van der Waals surface area (Å²) < 4.78 is 6.44. The third-order valence-corrected chi connectivity index (χ3v) is 7.15. The van der Waals surface area contributed by atoms with E-state index in [0.29, 0.717) is 6.04 Å². The van der Waals surface area contributed by atoms with E-state index in [0.717, 1.165) is 50.8 Å². The molecule has 2 aliphatic rings. The number of para-hydroxylation sites is 1. The molecule has 1 aliphatic heterocycles. The zero-order valence-electron chi connectivity index (χ0n) is 20.0. The largest absolute Gasteiger partial charge is 0.486 e. The molecule has 0 aromatic heterocycles. The Bertz CT molecular complexity index is 762. The number of benzene rings is 2. The molecule has 1 aliphatic carbocycles.